The highest BCUT2D eigenvalue weighted by atomic mass is 16.5. The van der Waals surface area contributed by atoms with Crippen LogP contribution in [-0.4, -0.2) is 19.3 Å². The average Bonchev–Trinajstić information content (AvgIpc) is 2.30. The van der Waals surface area contributed by atoms with E-state index in [1.54, 1.807) is 0 Å². The predicted octanol–water partition coefficient (Wildman–Crippen LogP) is 3.71. The van der Waals surface area contributed by atoms with Crippen LogP contribution in [0.25, 0.3) is 0 Å². The molecule has 0 heterocycles. The van der Waals surface area contributed by atoms with Crippen molar-refractivity contribution in [3.63, 3.8) is 0 Å². The Kier molecular flexibility index (Phi) is 5.83. The quantitative estimate of drug-likeness (QED) is 0.795. The van der Waals surface area contributed by atoms with Crippen molar-refractivity contribution in [1.82, 2.24) is 5.32 Å². The summed E-state index contributed by atoms with van der Waals surface area (Å²) < 4.78 is 5.87. The number of benzene rings is 1. The van der Waals surface area contributed by atoms with E-state index in [0.29, 0.717) is 0 Å². The third kappa shape index (κ3) is 3.82. The fourth-order valence-electron chi connectivity index (χ4n) is 2.59. The standard InChI is InChI=1S/C16H27NO/c1-6-9-13-10-8-11-14(12-13)15(17-5)16(3,4)18-7-2/h8,10-12,15,17H,6-7,9H2,1-5H3. The lowest BCUT2D eigenvalue weighted by Crippen LogP contribution is -2.40. The van der Waals surface area contributed by atoms with E-state index in [9.17, 15) is 0 Å². The lowest BCUT2D eigenvalue weighted by molar-refractivity contribution is -0.0374. The molecule has 0 aromatic heterocycles. The van der Waals surface area contributed by atoms with E-state index in [2.05, 4.69) is 50.4 Å². The maximum Gasteiger partial charge on any atom is 0.0820 e. The average molecular weight is 249 g/mol. The SMILES string of the molecule is CCCc1cccc(C(NC)C(C)(C)OCC)c1. The minimum Gasteiger partial charge on any atom is -0.374 e. The number of nitrogens with one attached hydrogen (secondary N) is 1. The van der Waals surface area contributed by atoms with Crippen molar-refractivity contribution >= 4 is 0 Å². The Morgan fingerprint density at radius 3 is 2.56 bits per heavy atom. The summed E-state index contributed by atoms with van der Waals surface area (Å²) in [7, 11) is 2.00. The van der Waals surface area contributed by atoms with Crippen molar-refractivity contribution in [3.05, 3.63) is 35.4 Å². The molecule has 1 rings (SSSR count). The number of ether oxygens (including phenoxy) is 1. The molecule has 2 nitrogen and oxygen atoms in total. The first-order chi connectivity index (χ1) is 8.55. The molecule has 0 spiro atoms. The summed E-state index contributed by atoms with van der Waals surface area (Å²) in [5.41, 5.74) is 2.51. The number of hydrogen-bond donors (Lipinski definition) is 1. The van der Waals surface area contributed by atoms with Gasteiger partial charge in [0.2, 0.25) is 0 Å². The van der Waals surface area contributed by atoms with Crippen LogP contribution in [0.4, 0.5) is 0 Å². The van der Waals surface area contributed by atoms with Crippen LogP contribution in [0.5, 0.6) is 0 Å². The van der Waals surface area contributed by atoms with Gasteiger partial charge in [-0.1, -0.05) is 37.6 Å². The van der Waals surface area contributed by atoms with Crippen LogP contribution in [0.1, 0.15) is 51.3 Å². The summed E-state index contributed by atoms with van der Waals surface area (Å²) in [6.07, 6.45) is 2.32. The molecule has 0 saturated carbocycles. The van der Waals surface area contributed by atoms with Crippen LogP contribution in [-0.2, 0) is 11.2 Å². The van der Waals surface area contributed by atoms with Crippen LogP contribution in [0.3, 0.4) is 0 Å². The van der Waals surface area contributed by atoms with Crippen molar-refractivity contribution in [2.45, 2.75) is 52.2 Å². The van der Waals surface area contributed by atoms with Crippen LogP contribution >= 0.6 is 0 Å². The summed E-state index contributed by atoms with van der Waals surface area (Å²) in [5.74, 6) is 0. The lowest BCUT2D eigenvalue weighted by Gasteiger charge is -2.34. The van der Waals surface area contributed by atoms with Gasteiger partial charge in [0.15, 0.2) is 0 Å². The van der Waals surface area contributed by atoms with Gasteiger partial charge in [-0.05, 0) is 45.4 Å². The molecular weight excluding hydrogens is 222 g/mol. The first-order valence-corrected chi connectivity index (χ1v) is 6.95. The zero-order valence-corrected chi connectivity index (χ0v) is 12.4. The molecule has 1 aromatic rings. The summed E-state index contributed by atoms with van der Waals surface area (Å²) in [6, 6.07) is 9.04. The molecule has 0 aliphatic rings. The summed E-state index contributed by atoms with van der Waals surface area (Å²) in [4.78, 5) is 0. The highest BCUT2D eigenvalue weighted by Gasteiger charge is 2.30. The van der Waals surface area contributed by atoms with Crippen LogP contribution in [0, 0.1) is 0 Å². The van der Waals surface area contributed by atoms with Crippen LogP contribution < -0.4 is 5.32 Å². The molecule has 1 N–H and O–H groups in total. The molecule has 0 saturated heterocycles. The Bertz CT molecular complexity index is 360. The third-order valence-electron chi connectivity index (χ3n) is 3.32. The van der Waals surface area contributed by atoms with Crippen molar-refractivity contribution in [2.75, 3.05) is 13.7 Å². The zero-order valence-electron chi connectivity index (χ0n) is 12.4. The Morgan fingerprint density at radius 2 is 2.00 bits per heavy atom. The smallest absolute Gasteiger partial charge is 0.0820 e. The molecule has 0 bridgehead atoms. The minimum absolute atomic E-state index is 0.200. The van der Waals surface area contributed by atoms with Crippen molar-refractivity contribution < 1.29 is 4.74 Å². The summed E-state index contributed by atoms with van der Waals surface area (Å²) in [6.45, 7) is 9.28. The molecule has 1 aromatic carbocycles. The highest BCUT2D eigenvalue weighted by Crippen LogP contribution is 2.29. The van der Waals surface area contributed by atoms with Crippen molar-refractivity contribution in [3.8, 4) is 0 Å². The van der Waals surface area contributed by atoms with Crippen molar-refractivity contribution in [1.29, 1.82) is 0 Å². The summed E-state index contributed by atoms with van der Waals surface area (Å²) >= 11 is 0. The van der Waals surface area contributed by atoms with Gasteiger partial charge in [-0.2, -0.15) is 0 Å². The molecule has 2 heteroatoms. The second-order valence-electron chi connectivity index (χ2n) is 5.25. The fraction of sp³-hybridized carbons (Fsp3) is 0.625. The first-order valence-electron chi connectivity index (χ1n) is 6.95. The van der Waals surface area contributed by atoms with Gasteiger partial charge in [-0.15, -0.1) is 0 Å². The summed E-state index contributed by atoms with van der Waals surface area (Å²) in [5, 5.41) is 3.39. The van der Waals surface area contributed by atoms with Gasteiger partial charge in [-0.3, -0.25) is 0 Å². The molecule has 0 amide bonds. The maximum atomic E-state index is 5.87. The van der Waals surface area contributed by atoms with Gasteiger partial charge in [0.1, 0.15) is 0 Å². The van der Waals surface area contributed by atoms with E-state index >= 15 is 0 Å². The molecule has 0 aliphatic carbocycles. The molecule has 1 unspecified atom stereocenters. The fourth-order valence-corrected chi connectivity index (χ4v) is 2.59. The van der Waals surface area contributed by atoms with Gasteiger partial charge in [-0.25, -0.2) is 0 Å². The van der Waals surface area contributed by atoms with Gasteiger partial charge in [0.05, 0.1) is 11.6 Å². The lowest BCUT2D eigenvalue weighted by atomic mass is 9.90. The molecule has 18 heavy (non-hydrogen) atoms. The monoisotopic (exact) mass is 249 g/mol. The molecule has 1 atom stereocenters. The number of likely N-dealkylation sites (N-methyl/N-ethyl adjacent to an activating group) is 1. The normalized spacial score (nSPS) is 13.6. The molecular formula is C16H27NO. The van der Waals surface area contributed by atoms with Gasteiger partial charge in [0.25, 0.3) is 0 Å². The van der Waals surface area contributed by atoms with Gasteiger partial charge >= 0.3 is 0 Å². The largest absolute Gasteiger partial charge is 0.374 e. The Labute approximate surface area is 112 Å². The third-order valence-corrected chi connectivity index (χ3v) is 3.32. The van der Waals surface area contributed by atoms with Crippen LogP contribution in [0.2, 0.25) is 0 Å². The number of hydrogen-bond acceptors (Lipinski definition) is 2. The van der Waals surface area contributed by atoms with E-state index in [0.717, 1.165) is 13.0 Å². The highest BCUT2D eigenvalue weighted by molar-refractivity contribution is 5.28. The molecule has 0 aliphatic heterocycles. The Hall–Kier alpha value is -0.860. The predicted molar refractivity (Wildman–Crippen MR) is 77.9 cm³/mol. The maximum absolute atomic E-state index is 5.87. The second-order valence-corrected chi connectivity index (χ2v) is 5.25. The Morgan fingerprint density at radius 1 is 1.28 bits per heavy atom. The number of rotatable bonds is 7. The number of aryl methyl sites for hydroxylation is 1. The molecule has 0 radical (unpaired) electrons. The zero-order chi connectivity index (χ0) is 13.6. The topological polar surface area (TPSA) is 21.3 Å². The minimum atomic E-state index is -0.200. The van der Waals surface area contributed by atoms with E-state index < -0.39 is 0 Å². The molecule has 0 fully saturated rings. The van der Waals surface area contributed by atoms with Crippen LogP contribution in [0.15, 0.2) is 24.3 Å². The van der Waals surface area contributed by atoms with Crippen molar-refractivity contribution in [2.24, 2.45) is 0 Å². The second kappa shape index (κ2) is 6.91. The van der Waals surface area contributed by atoms with Gasteiger partial charge in [0, 0.05) is 6.61 Å². The first kappa shape index (κ1) is 15.2. The van der Waals surface area contributed by atoms with E-state index in [-0.39, 0.29) is 11.6 Å². The van der Waals surface area contributed by atoms with E-state index in [1.807, 2.05) is 14.0 Å². The van der Waals surface area contributed by atoms with Gasteiger partial charge < -0.3 is 10.1 Å². The van der Waals surface area contributed by atoms with E-state index in [1.165, 1.54) is 17.5 Å². The Balaban J connectivity index is 2.97. The molecule has 102 valence electrons. The van der Waals surface area contributed by atoms with E-state index in [4.69, 9.17) is 4.74 Å².